The molecule has 27 heteroatoms. The van der Waals surface area contributed by atoms with Crippen molar-refractivity contribution in [3.8, 4) is 22.6 Å². The SMILES string of the molecule is CNC(=O)COc1cc2cc(Nc3nc(N4CCC(C(=O)NCCOCCOCCC(=O)N5CCC(n6nc(N7CCCc8cc(-c9cnn(C)c9)c(C(F)F)cc87)c7c6CCN(C(=O)NC)C7)CC5)CC4)ncc3Cl)cc(OC)c2n(C)c1=O. The van der Waals surface area contributed by atoms with Gasteiger partial charge in [0.1, 0.15) is 10.8 Å². The van der Waals surface area contributed by atoms with Crippen molar-refractivity contribution in [2.45, 2.75) is 70.4 Å². The summed E-state index contributed by atoms with van der Waals surface area (Å²) in [6, 6.07) is 8.35. The topological polar surface area (TPSA) is 250 Å². The number of anilines is 5. The second-order valence-corrected chi connectivity index (χ2v) is 21.9. The summed E-state index contributed by atoms with van der Waals surface area (Å²) in [5.74, 6) is 1.25. The van der Waals surface area contributed by atoms with E-state index >= 15 is 0 Å². The fourth-order valence-electron chi connectivity index (χ4n) is 11.7. The minimum absolute atomic E-state index is 0.00107. The fourth-order valence-corrected chi connectivity index (χ4v) is 11.9. The molecular formula is C58H72ClF2N15O9. The number of likely N-dealkylation sites (N-methyl/N-ethyl adjacent to an activating group) is 1. The number of fused-ring (bicyclic) bond motifs is 3. The number of carbonyl (C=O) groups is 4. The third kappa shape index (κ3) is 13.4. The lowest BCUT2D eigenvalue weighted by molar-refractivity contribution is -0.133. The smallest absolute Gasteiger partial charge is 0.317 e. The first-order valence-corrected chi connectivity index (χ1v) is 29.1. The summed E-state index contributed by atoms with van der Waals surface area (Å²) in [5, 5.41) is 21.8. The zero-order valence-corrected chi connectivity index (χ0v) is 49.2. The Morgan fingerprint density at radius 2 is 1.64 bits per heavy atom. The maximum absolute atomic E-state index is 14.8. The van der Waals surface area contributed by atoms with Crippen LogP contribution in [0.25, 0.3) is 22.0 Å². The van der Waals surface area contributed by atoms with Crippen molar-refractivity contribution in [1.29, 1.82) is 0 Å². The molecule has 8 heterocycles. The Morgan fingerprint density at radius 1 is 0.859 bits per heavy atom. The number of methoxy groups -OCH3 is 1. The first kappa shape index (κ1) is 60.0. The van der Waals surface area contributed by atoms with Crippen LogP contribution in [0.3, 0.4) is 0 Å². The lowest BCUT2D eigenvalue weighted by Gasteiger charge is -2.34. The quantitative estimate of drug-likeness (QED) is 0.0622. The highest BCUT2D eigenvalue weighted by Gasteiger charge is 2.36. The average Bonchev–Trinajstić information content (AvgIpc) is 2.09. The van der Waals surface area contributed by atoms with Crippen molar-refractivity contribution >= 4 is 75.2 Å². The van der Waals surface area contributed by atoms with Crippen LogP contribution >= 0.6 is 11.6 Å². The zero-order chi connectivity index (χ0) is 59.9. The van der Waals surface area contributed by atoms with Crippen LogP contribution in [0.1, 0.15) is 73.4 Å². The van der Waals surface area contributed by atoms with E-state index in [2.05, 4.69) is 40.9 Å². The number of nitrogens with one attached hydrogen (secondary N) is 4. The van der Waals surface area contributed by atoms with Crippen molar-refractivity contribution in [3.63, 3.8) is 0 Å². The predicted molar refractivity (Wildman–Crippen MR) is 314 cm³/mol. The van der Waals surface area contributed by atoms with Gasteiger partial charge in [0.05, 0.1) is 70.5 Å². The highest BCUT2D eigenvalue weighted by atomic mass is 35.5. The molecule has 0 radical (unpaired) electrons. The summed E-state index contributed by atoms with van der Waals surface area (Å²) in [4.78, 5) is 81.2. The number of aromatic nitrogens is 7. The van der Waals surface area contributed by atoms with Crippen molar-refractivity contribution < 1.29 is 46.9 Å². The molecule has 2 saturated heterocycles. The molecule has 85 heavy (non-hydrogen) atoms. The number of nitrogens with zero attached hydrogens (tertiary/aromatic N) is 11. The van der Waals surface area contributed by atoms with E-state index < -0.39 is 12.0 Å². The van der Waals surface area contributed by atoms with Gasteiger partial charge in [-0.25, -0.2) is 18.6 Å². The average molecular weight is 1200 g/mol. The number of hydrogen-bond acceptors (Lipinski definition) is 16. The van der Waals surface area contributed by atoms with Gasteiger partial charge < -0.3 is 64.4 Å². The standard InChI is InChI=1S/C58H72ClF2N15O9/c1-62-49(77)34-85-48-27-37-25-39(28-47(82-5)51(37)71(4)56(48)80)67-53-44(59)31-65-57(68-53)73-16-8-35(9-17-73)55(79)64-14-22-84-24-23-83-21-13-50(78)72-18-10-40(11-19-72)76-45-12-20-74(58(81)63-2)33-43(45)54(69-76)75-15-6-7-36-26-41(38-30-66-70(3)32-38)42(52(60)61)29-46(36)75/h25-32,35,40,52H,6-24,33-34H2,1-5H3,(H,62,77)(H,63,81)(H,64,79)(H,65,67,68). The van der Waals surface area contributed by atoms with E-state index in [1.165, 1.54) is 24.9 Å². The summed E-state index contributed by atoms with van der Waals surface area (Å²) < 4.78 is 57.4. The number of hydrogen-bond donors (Lipinski definition) is 4. The number of ether oxygens (including phenoxy) is 4. The summed E-state index contributed by atoms with van der Waals surface area (Å²) in [6.07, 6.45) is 7.04. The van der Waals surface area contributed by atoms with E-state index in [1.54, 1.807) is 67.4 Å². The Morgan fingerprint density at radius 3 is 2.35 bits per heavy atom. The molecule has 24 nitrogen and oxygen atoms in total. The summed E-state index contributed by atoms with van der Waals surface area (Å²) in [5.41, 5.74) is 5.30. The van der Waals surface area contributed by atoms with Crippen LogP contribution in [0.4, 0.5) is 42.5 Å². The lowest BCUT2D eigenvalue weighted by atomic mass is 9.92. The number of piperidine rings is 2. The highest BCUT2D eigenvalue weighted by Crippen LogP contribution is 2.44. The van der Waals surface area contributed by atoms with E-state index in [-0.39, 0.29) is 71.7 Å². The van der Waals surface area contributed by atoms with Crippen LogP contribution in [0, 0.1) is 5.92 Å². The van der Waals surface area contributed by atoms with Crippen molar-refractivity contribution in [1.82, 2.24) is 59.8 Å². The molecule has 0 saturated carbocycles. The first-order chi connectivity index (χ1) is 41.1. The Labute approximate surface area is 495 Å². The maximum atomic E-state index is 14.8. The monoisotopic (exact) mass is 1200 g/mol. The molecule has 454 valence electrons. The van der Waals surface area contributed by atoms with Gasteiger partial charge in [0, 0.05) is 138 Å². The number of urea groups is 1. The third-order valence-corrected chi connectivity index (χ3v) is 16.5. The van der Waals surface area contributed by atoms with Crippen molar-refractivity contribution in [2.24, 2.45) is 20.0 Å². The minimum atomic E-state index is -2.71. The van der Waals surface area contributed by atoms with Gasteiger partial charge in [0.2, 0.25) is 17.8 Å². The zero-order valence-electron chi connectivity index (χ0n) is 48.4. The number of likely N-dealkylation sites (tertiary alicyclic amines) is 1. The normalized spacial score (nSPS) is 15.7. The number of carbonyl (C=O) groups excluding carboxylic acids is 4. The van der Waals surface area contributed by atoms with Gasteiger partial charge in [-0.05, 0) is 73.9 Å². The summed E-state index contributed by atoms with van der Waals surface area (Å²) in [7, 11) is 7.94. The number of pyridine rings is 1. The molecule has 10 rings (SSSR count). The molecular weight excluding hydrogens is 1120 g/mol. The van der Waals surface area contributed by atoms with Crippen LogP contribution < -0.4 is 46.1 Å². The van der Waals surface area contributed by atoms with E-state index in [4.69, 9.17) is 40.6 Å². The number of alkyl halides is 2. The van der Waals surface area contributed by atoms with Crippen LogP contribution in [0.15, 0.2) is 53.7 Å². The van der Waals surface area contributed by atoms with Crippen LogP contribution in [-0.2, 0) is 57.3 Å². The number of aryl methyl sites for hydroxylation is 3. The van der Waals surface area contributed by atoms with Gasteiger partial charge in [0.25, 0.3) is 17.9 Å². The molecule has 4 aliphatic rings. The number of halogens is 3. The van der Waals surface area contributed by atoms with E-state index in [9.17, 15) is 32.8 Å². The molecule has 0 atom stereocenters. The van der Waals surface area contributed by atoms with Gasteiger partial charge in [-0.3, -0.25) is 28.5 Å². The molecule has 0 aliphatic carbocycles. The van der Waals surface area contributed by atoms with Crippen molar-refractivity contribution in [2.75, 3.05) is 115 Å². The van der Waals surface area contributed by atoms with Crippen LogP contribution in [-0.4, -0.2) is 168 Å². The fraction of sp³-hybridized carbons (Fsp3) is 0.500. The Hall–Kier alpha value is -8.10. The highest BCUT2D eigenvalue weighted by molar-refractivity contribution is 6.33. The first-order valence-electron chi connectivity index (χ1n) is 28.7. The van der Waals surface area contributed by atoms with E-state index in [1.807, 2.05) is 15.9 Å². The third-order valence-electron chi connectivity index (χ3n) is 16.2. The molecule has 0 spiro atoms. The molecule has 5 amide bonds. The summed E-state index contributed by atoms with van der Waals surface area (Å²) >= 11 is 6.58. The number of rotatable bonds is 21. The van der Waals surface area contributed by atoms with Gasteiger partial charge in [-0.2, -0.15) is 15.2 Å². The predicted octanol–water partition coefficient (Wildman–Crippen LogP) is 5.79. The molecule has 6 aromatic rings. The Kier molecular flexibility index (Phi) is 19.0. The summed E-state index contributed by atoms with van der Waals surface area (Å²) in [6.45, 7) is 4.76. The molecule has 0 bridgehead atoms. The van der Waals surface area contributed by atoms with E-state index in [0.717, 1.165) is 29.7 Å². The van der Waals surface area contributed by atoms with Crippen molar-refractivity contribution in [3.05, 3.63) is 86.7 Å². The molecule has 4 N–H and O–H groups in total. The molecule has 2 aromatic carbocycles. The second-order valence-electron chi connectivity index (χ2n) is 21.5. The number of amides is 5. The minimum Gasteiger partial charge on any atom is -0.494 e. The molecule has 0 unspecified atom stereocenters. The number of benzene rings is 2. The Bertz CT molecular complexity index is 3490. The Balaban J connectivity index is 0.646. The second kappa shape index (κ2) is 26.9. The molecule has 4 aromatic heterocycles. The maximum Gasteiger partial charge on any atom is 0.317 e. The largest absolute Gasteiger partial charge is 0.494 e. The molecule has 2 fully saturated rings. The van der Waals surface area contributed by atoms with Crippen LogP contribution in [0.2, 0.25) is 5.02 Å². The van der Waals surface area contributed by atoms with Crippen LogP contribution in [0.5, 0.6) is 11.5 Å². The van der Waals surface area contributed by atoms with Gasteiger partial charge in [-0.15, -0.1) is 0 Å². The van der Waals surface area contributed by atoms with Gasteiger partial charge >= 0.3 is 6.03 Å². The lowest BCUT2D eigenvalue weighted by Crippen LogP contribution is -2.42. The van der Waals surface area contributed by atoms with Gasteiger partial charge in [-0.1, -0.05) is 11.6 Å². The molecule has 4 aliphatic heterocycles. The van der Waals surface area contributed by atoms with E-state index in [0.29, 0.717) is 161 Å². The van der Waals surface area contributed by atoms with Gasteiger partial charge in [0.15, 0.2) is 24.0 Å².